The zero-order valence-electron chi connectivity index (χ0n) is 29.7. The van der Waals surface area contributed by atoms with E-state index in [2.05, 4.69) is 9.97 Å². The molecule has 4 aliphatic heterocycles. The van der Waals surface area contributed by atoms with Crippen LogP contribution in [0.25, 0.3) is 22.0 Å². The van der Waals surface area contributed by atoms with Gasteiger partial charge in [0.2, 0.25) is 0 Å². The molecule has 7 rings (SSSR count). The van der Waals surface area contributed by atoms with Gasteiger partial charge in [0, 0.05) is 50.2 Å². The fourth-order valence-electron chi connectivity index (χ4n) is 8.33. The topological polar surface area (TPSA) is 89.5 Å². The molecule has 0 radical (unpaired) electrons. The lowest BCUT2D eigenvalue weighted by Gasteiger charge is -2.42. The average molecular weight is 756 g/mol. The van der Waals surface area contributed by atoms with Gasteiger partial charge in [-0.1, -0.05) is 0 Å². The number of aromatic nitrogens is 2. The van der Waals surface area contributed by atoms with E-state index in [0.29, 0.717) is 37.9 Å². The summed E-state index contributed by atoms with van der Waals surface area (Å²) in [7, 11) is 1.23. The van der Waals surface area contributed by atoms with Crippen molar-refractivity contribution in [2.24, 2.45) is 0 Å². The van der Waals surface area contributed by atoms with E-state index in [4.69, 9.17) is 18.9 Å². The van der Waals surface area contributed by atoms with Gasteiger partial charge in [0.1, 0.15) is 47.1 Å². The largest absolute Gasteiger partial charge is 0.467 e. The number of anilines is 1. The van der Waals surface area contributed by atoms with E-state index in [0.717, 1.165) is 12.5 Å². The number of nitrogens with zero attached hydrogens (tertiary/aromatic N) is 5. The molecule has 0 saturated carbocycles. The third-order valence-electron chi connectivity index (χ3n) is 10.4. The number of carbonyl (C=O) groups excluding carboxylic acids is 1. The Balaban J connectivity index is 1.34. The van der Waals surface area contributed by atoms with Crippen molar-refractivity contribution in [1.82, 2.24) is 19.8 Å². The molecular weight excluding hydrogens is 715 g/mol. The highest BCUT2D eigenvalue weighted by Gasteiger charge is 2.50. The van der Waals surface area contributed by atoms with Gasteiger partial charge >= 0.3 is 18.3 Å². The first kappa shape index (κ1) is 37.2. The van der Waals surface area contributed by atoms with Crippen molar-refractivity contribution in [3.8, 4) is 22.9 Å². The summed E-state index contributed by atoms with van der Waals surface area (Å²) in [5.74, 6) is -5.18. The summed E-state index contributed by atoms with van der Waals surface area (Å²) in [5, 5.41) is -0.174. The van der Waals surface area contributed by atoms with Crippen molar-refractivity contribution in [3.63, 3.8) is 0 Å². The maximum Gasteiger partial charge on any atom is 0.419 e. The number of methoxy groups -OCH3 is 1. The van der Waals surface area contributed by atoms with Crippen LogP contribution in [0.1, 0.15) is 58.4 Å². The Hall–Kier alpha value is -4.12. The number of fused-ring (bicyclic) bond motifs is 4. The van der Waals surface area contributed by atoms with E-state index in [-0.39, 0.29) is 62.0 Å². The first-order valence-electron chi connectivity index (χ1n) is 17.5. The minimum Gasteiger partial charge on any atom is -0.467 e. The molecule has 288 valence electrons. The van der Waals surface area contributed by atoms with Crippen LogP contribution in [0.3, 0.4) is 0 Å². The summed E-state index contributed by atoms with van der Waals surface area (Å²) >= 11 is 0. The van der Waals surface area contributed by atoms with Gasteiger partial charge in [-0.25, -0.2) is 22.4 Å². The average Bonchev–Trinajstić information content (AvgIpc) is 3.67. The fourth-order valence-corrected chi connectivity index (χ4v) is 8.33. The number of piperazine rings is 1. The van der Waals surface area contributed by atoms with Crippen LogP contribution in [0.2, 0.25) is 0 Å². The predicted octanol–water partition coefficient (Wildman–Crippen LogP) is 7.26. The van der Waals surface area contributed by atoms with Gasteiger partial charge in [0.05, 0.1) is 28.7 Å². The highest BCUT2D eigenvalue weighted by molar-refractivity contribution is 5.94. The molecule has 10 nitrogen and oxygen atoms in total. The fraction of sp³-hybridized carbons (Fsp3) is 0.583. The number of alkyl halides is 4. The summed E-state index contributed by atoms with van der Waals surface area (Å²) in [4.78, 5) is 27.4. The Kier molecular flexibility index (Phi) is 9.56. The highest BCUT2D eigenvalue weighted by Crippen LogP contribution is 2.46. The normalized spacial score (nSPS) is 24.6. The number of hydrogen-bond donors (Lipinski definition) is 0. The second-order valence-electron chi connectivity index (χ2n) is 15.2. The van der Waals surface area contributed by atoms with Crippen molar-refractivity contribution < 1.29 is 54.5 Å². The third-order valence-corrected chi connectivity index (χ3v) is 10.4. The van der Waals surface area contributed by atoms with Crippen LogP contribution in [0.4, 0.5) is 41.3 Å². The number of ether oxygens (including phenoxy) is 4. The minimum atomic E-state index is -5.35. The van der Waals surface area contributed by atoms with Crippen molar-refractivity contribution in [1.29, 1.82) is 0 Å². The van der Waals surface area contributed by atoms with Gasteiger partial charge < -0.3 is 23.8 Å². The molecule has 1 aromatic heterocycles. The first-order valence-corrected chi connectivity index (χ1v) is 17.5. The minimum absolute atomic E-state index is 0.0325. The molecule has 4 saturated heterocycles. The lowest BCUT2D eigenvalue weighted by molar-refractivity contribution is -0.139. The van der Waals surface area contributed by atoms with Crippen molar-refractivity contribution in [2.75, 3.05) is 51.6 Å². The lowest BCUT2D eigenvalue weighted by Crippen LogP contribution is -2.57. The molecule has 2 aromatic carbocycles. The molecule has 5 heterocycles. The lowest BCUT2D eigenvalue weighted by atomic mass is 9.95. The van der Waals surface area contributed by atoms with Crippen LogP contribution in [0.15, 0.2) is 18.2 Å². The number of halogens is 7. The molecule has 1 amide bonds. The number of hydrogen-bond acceptors (Lipinski definition) is 9. The molecule has 4 atom stereocenters. The molecule has 3 aromatic rings. The zero-order chi connectivity index (χ0) is 38.0. The molecule has 0 aliphatic carbocycles. The highest BCUT2D eigenvalue weighted by atomic mass is 19.4. The van der Waals surface area contributed by atoms with Crippen LogP contribution in [0, 0.1) is 17.5 Å². The Labute approximate surface area is 301 Å². The van der Waals surface area contributed by atoms with E-state index >= 15 is 13.2 Å². The third kappa shape index (κ3) is 7.01. The van der Waals surface area contributed by atoms with Crippen LogP contribution in [-0.4, -0.2) is 102 Å². The van der Waals surface area contributed by atoms with Crippen molar-refractivity contribution in [3.05, 3.63) is 41.2 Å². The molecule has 53 heavy (non-hydrogen) atoms. The van der Waals surface area contributed by atoms with Crippen LogP contribution >= 0.6 is 0 Å². The van der Waals surface area contributed by atoms with Crippen molar-refractivity contribution >= 4 is 22.8 Å². The summed E-state index contributed by atoms with van der Waals surface area (Å²) < 4.78 is 127. The van der Waals surface area contributed by atoms with Crippen molar-refractivity contribution in [2.45, 2.75) is 88.4 Å². The Morgan fingerprint density at radius 3 is 2.36 bits per heavy atom. The zero-order valence-corrected chi connectivity index (χ0v) is 29.7. The molecule has 17 heteroatoms. The van der Waals surface area contributed by atoms with Crippen LogP contribution < -0.4 is 14.4 Å². The molecule has 0 spiro atoms. The maximum atomic E-state index is 16.8. The number of carbonyl (C=O) groups is 1. The van der Waals surface area contributed by atoms with Crippen LogP contribution in [0.5, 0.6) is 11.8 Å². The van der Waals surface area contributed by atoms with E-state index < -0.39 is 81.8 Å². The summed E-state index contributed by atoms with van der Waals surface area (Å²) in [6.45, 7) is 6.03. The van der Waals surface area contributed by atoms with Crippen LogP contribution in [-0.2, 0) is 15.7 Å². The van der Waals surface area contributed by atoms with Gasteiger partial charge in [-0.05, 0) is 65.1 Å². The molecule has 2 unspecified atom stereocenters. The summed E-state index contributed by atoms with van der Waals surface area (Å²) in [5.41, 5.74) is -6.20. The number of rotatable bonds is 8. The van der Waals surface area contributed by atoms with Gasteiger partial charge in [0.25, 0.3) is 0 Å². The van der Waals surface area contributed by atoms with E-state index in [9.17, 15) is 22.4 Å². The Morgan fingerprint density at radius 2 is 1.70 bits per heavy atom. The quantitative estimate of drug-likeness (QED) is 0.174. The standard InChI is InChI=1S/C36H40F7N5O5/c1-34(2,3)53-33(49)48-20-6-7-21(48)16-46(15-20)31-24-12-25(38)27(23-10-22(52-18-50-4)11-26(39)28(23)36(41,42)43)29(40)30(24)44-32(45-31)51-17-35-8-5-9-47(35)14-19(37)13-35/h10-12,19-21H,5-9,13-18H2,1-4H3/t19-,20?,21?,35+/m1/s1. The van der Waals surface area contributed by atoms with E-state index in [1.807, 2.05) is 4.90 Å². The SMILES string of the molecule is COCOc1cc(F)c(C(F)(F)F)c(-c2c(F)cc3c(N4CC5CCC(C4)N5C(=O)OC(C)(C)C)nc(OC[C@@]45CCCN4C[C@H](F)C5)nc3c2F)c1. The van der Waals surface area contributed by atoms with Gasteiger partial charge in [-0.15, -0.1) is 0 Å². The van der Waals surface area contributed by atoms with E-state index in [1.54, 1.807) is 30.6 Å². The first-order chi connectivity index (χ1) is 25.0. The smallest absolute Gasteiger partial charge is 0.419 e. The van der Waals surface area contributed by atoms with Gasteiger partial charge in [-0.2, -0.15) is 23.1 Å². The Morgan fingerprint density at radius 1 is 0.981 bits per heavy atom. The molecule has 4 aliphatic rings. The molecule has 2 bridgehead atoms. The van der Waals surface area contributed by atoms with E-state index in [1.165, 1.54) is 7.11 Å². The second-order valence-corrected chi connectivity index (χ2v) is 15.2. The molecule has 0 N–H and O–H groups in total. The monoisotopic (exact) mass is 755 g/mol. The number of benzene rings is 2. The maximum absolute atomic E-state index is 16.8. The summed E-state index contributed by atoms with van der Waals surface area (Å²) in [6, 6.07) is 0.921. The molecular formula is C36H40F7N5O5. The number of amides is 1. The second kappa shape index (κ2) is 13.6. The van der Waals surface area contributed by atoms with Gasteiger partial charge in [-0.3, -0.25) is 9.80 Å². The predicted molar refractivity (Wildman–Crippen MR) is 178 cm³/mol. The van der Waals surface area contributed by atoms with Gasteiger partial charge in [0.15, 0.2) is 12.6 Å². The molecule has 4 fully saturated rings. The Bertz CT molecular complexity index is 1900. The summed E-state index contributed by atoms with van der Waals surface area (Å²) in [6.07, 6.45) is -4.01.